The third-order valence-corrected chi connectivity index (χ3v) is 4.13. The van der Waals surface area contributed by atoms with E-state index in [2.05, 4.69) is 44.0 Å². The van der Waals surface area contributed by atoms with Crippen molar-refractivity contribution >= 4 is 23.3 Å². The van der Waals surface area contributed by atoms with E-state index in [1.807, 2.05) is 36.5 Å². The third kappa shape index (κ3) is 7.06. The Balaban J connectivity index is 0.00000312. The van der Waals surface area contributed by atoms with Gasteiger partial charge >= 0.3 is 0 Å². The van der Waals surface area contributed by atoms with Crippen LogP contribution in [0, 0.1) is 0 Å². The first-order valence-electron chi connectivity index (χ1n) is 9.05. The number of hydrogen-bond acceptors (Lipinski definition) is 2. The van der Waals surface area contributed by atoms with Gasteiger partial charge in [0.2, 0.25) is 0 Å². The number of aryl methyl sites for hydroxylation is 2. The summed E-state index contributed by atoms with van der Waals surface area (Å²) in [5.74, 6) is 0. The van der Waals surface area contributed by atoms with E-state index >= 15 is 0 Å². The molecule has 25 heavy (non-hydrogen) atoms. The first-order chi connectivity index (χ1) is 11.8. The van der Waals surface area contributed by atoms with Gasteiger partial charge in [-0.05, 0) is 61.1 Å². The van der Waals surface area contributed by atoms with Crippen LogP contribution in [0.15, 0.2) is 58.5 Å². The summed E-state index contributed by atoms with van der Waals surface area (Å²) in [7, 11) is 0. The summed E-state index contributed by atoms with van der Waals surface area (Å²) in [5, 5.41) is 0. The van der Waals surface area contributed by atoms with E-state index in [9.17, 15) is 0 Å². The molecule has 0 aliphatic carbocycles. The second-order valence-corrected chi connectivity index (χ2v) is 5.96. The molecule has 0 amide bonds. The summed E-state index contributed by atoms with van der Waals surface area (Å²) >= 11 is 0. The van der Waals surface area contributed by atoms with Crippen LogP contribution in [0.1, 0.15) is 51.2 Å². The zero-order chi connectivity index (χ0) is 17.2. The van der Waals surface area contributed by atoms with Crippen molar-refractivity contribution in [3.05, 3.63) is 59.7 Å². The van der Waals surface area contributed by atoms with Gasteiger partial charge in [-0.15, -0.1) is 0 Å². The van der Waals surface area contributed by atoms with E-state index < -0.39 is 0 Å². The Morgan fingerprint density at radius 3 is 2.24 bits per heavy atom. The molecule has 2 aromatic rings. The number of para-hydroxylation sites is 1. The van der Waals surface area contributed by atoms with E-state index in [1.54, 1.807) is 0 Å². The zero-order valence-electron chi connectivity index (χ0n) is 15.4. The molecule has 0 atom stereocenters. The molecule has 136 valence electrons. The molecule has 0 aromatic heterocycles. The minimum Gasteiger partial charge on any atom is -0.255 e. The Bertz CT molecular complexity index is 690. The van der Waals surface area contributed by atoms with Crippen LogP contribution in [0.25, 0.3) is 0 Å². The largest absolute Gasteiger partial charge is 0.255 e. The molecular formula is C22H28N2Pd. The number of hydrogen-bond donors (Lipinski definition) is 0. The summed E-state index contributed by atoms with van der Waals surface area (Å²) in [6, 6.07) is 16.6. The summed E-state index contributed by atoms with van der Waals surface area (Å²) < 4.78 is 0. The van der Waals surface area contributed by atoms with E-state index in [1.165, 1.54) is 11.1 Å². The van der Waals surface area contributed by atoms with Crippen LogP contribution in [0.3, 0.4) is 0 Å². The number of benzene rings is 2. The van der Waals surface area contributed by atoms with Crippen LogP contribution in [0.4, 0.5) is 11.4 Å². The predicted molar refractivity (Wildman–Crippen MR) is 106 cm³/mol. The van der Waals surface area contributed by atoms with Crippen molar-refractivity contribution < 1.29 is 20.4 Å². The molecule has 0 saturated heterocycles. The number of aliphatic imine (C=N–C) groups is 2. The van der Waals surface area contributed by atoms with Crippen molar-refractivity contribution in [3.63, 3.8) is 0 Å². The Labute approximate surface area is 166 Å². The standard InChI is InChI=1S/C22H28N2.Pd/c1-4-7-11-22(17-23-20-12-9-8-10-13-20)24-21-15-14-18(5-2)19(6-3)16-21;/h8-10,12-17H,4-7,11H2,1-3H3;/b23-17+,24-22+;. The molecule has 0 spiro atoms. The molecule has 0 fully saturated rings. The molecule has 2 nitrogen and oxygen atoms in total. The van der Waals surface area contributed by atoms with Crippen LogP contribution >= 0.6 is 0 Å². The molecule has 0 N–H and O–H groups in total. The SMILES string of the molecule is CCCCC(/C=N/c1ccccc1)=N\c1ccc(CC)c(CC)c1.[Pd]. The van der Waals surface area contributed by atoms with E-state index in [4.69, 9.17) is 4.99 Å². The van der Waals surface area contributed by atoms with Gasteiger partial charge in [0.25, 0.3) is 0 Å². The smallest absolute Gasteiger partial charge is 0.0636 e. The van der Waals surface area contributed by atoms with Crippen molar-refractivity contribution in [2.75, 3.05) is 0 Å². The zero-order valence-corrected chi connectivity index (χ0v) is 17.0. The monoisotopic (exact) mass is 426 g/mol. The molecule has 0 saturated carbocycles. The molecule has 2 aromatic carbocycles. The number of unbranched alkanes of at least 4 members (excludes halogenated alkanes) is 1. The molecule has 0 heterocycles. The first-order valence-corrected chi connectivity index (χ1v) is 9.05. The minimum absolute atomic E-state index is 0. The Morgan fingerprint density at radius 1 is 0.880 bits per heavy atom. The average molecular weight is 427 g/mol. The second kappa shape index (κ2) is 11.9. The van der Waals surface area contributed by atoms with Crippen molar-refractivity contribution in [1.82, 2.24) is 0 Å². The minimum atomic E-state index is 0. The maximum Gasteiger partial charge on any atom is 0.0636 e. The van der Waals surface area contributed by atoms with Crippen molar-refractivity contribution in [2.24, 2.45) is 9.98 Å². The molecule has 0 radical (unpaired) electrons. The van der Waals surface area contributed by atoms with Crippen LogP contribution < -0.4 is 0 Å². The number of nitrogens with zero attached hydrogens (tertiary/aromatic N) is 2. The summed E-state index contributed by atoms with van der Waals surface area (Å²) in [5.41, 5.74) is 5.87. The predicted octanol–water partition coefficient (Wildman–Crippen LogP) is 6.47. The van der Waals surface area contributed by atoms with Crippen LogP contribution in [0.5, 0.6) is 0 Å². The first kappa shape index (κ1) is 21.5. The number of rotatable bonds is 8. The Hall–Kier alpha value is -1.56. The van der Waals surface area contributed by atoms with E-state index in [0.29, 0.717) is 0 Å². The van der Waals surface area contributed by atoms with Crippen molar-refractivity contribution in [1.29, 1.82) is 0 Å². The van der Waals surface area contributed by atoms with Gasteiger partial charge in [-0.2, -0.15) is 0 Å². The fourth-order valence-electron chi connectivity index (χ4n) is 2.69. The quantitative estimate of drug-likeness (QED) is 0.341. The van der Waals surface area contributed by atoms with Crippen molar-refractivity contribution in [3.8, 4) is 0 Å². The van der Waals surface area contributed by atoms with E-state index in [-0.39, 0.29) is 20.4 Å². The molecule has 0 bridgehead atoms. The summed E-state index contributed by atoms with van der Waals surface area (Å²) in [4.78, 5) is 9.44. The summed E-state index contributed by atoms with van der Waals surface area (Å²) in [6.07, 6.45) is 7.30. The Morgan fingerprint density at radius 2 is 1.60 bits per heavy atom. The molecule has 0 unspecified atom stereocenters. The van der Waals surface area contributed by atoms with Gasteiger partial charge in [0.05, 0.1) is 17.1 Å². The van der Waals surface area contributed by atoms with Gasteiger partial charge in [0, 0.05) is 26.6 Å². The summed E-state index contributed by atoms with van der Waals surface area (Å²) in [6.45, 7) is 6.62. The molecule has 0 aliphatic rings. The molecule has 3 heteroatoms. The van der Waals surface area contributed by atoms with Crippen LogP contribution in [-0.2, 0) is 33.3 Å². The molecular weight excluding hydrogens is 399 g/mol. The molecule has 0 aliphatic heterocycles. The van der Waals surface area contributed by atoms with Crippen LogP contribution in [0.2, 0.25) is 0 Å². The van der Waals surface area contributed by atoms with Gasteiger partial charge in [0.1, 0.15) is 0 Å². The Kier molecular flexibility index (Phi) is 10.2. The fourth-order valence-corrected chi connectivity index (χ4v) is 2.69. The van der Waals surface area contributed by atoms with Crippen LogP contribution in [-0.4, -0.2) is 11.9 Å². The van der Waals surface area contributed by atoms with Gasteiger partial charge in [-0.1, -0.05) is 51.5 Å². The van der Waals surface area contributed by atoms with Gasteiger partial charge in [0.15, 0.2) is 0 Å². The van der Waals surface area contributed by atoms with Gasteiger partial charge in [-0.3, -0.25) is 9.98 Å². The average Bonchev–Trinajstić information content (AvgIpc) is 2.64. The second-order valence-electron chi connectivity index (χ2n) is 5.96. The fraction of sp³-hybridized carbons (Fsp3) is 0.364. The topological polar surface area (TPSA) is 24.7 Å². The maximum absolute atomic E-state index is 4.86. The molecule has 2 rings (SSSR count). The van der Waals surface area contributed by atoms with Gasteiger partial charge < -0.3 is 0 Å². The third-order valence-electron chi connectivity index (χ3n) is 4.13. The van der Waals surface area contributed by atoms with Gasteiger partial charge in [-0.25, -0.2) is 0 Å². The maximum atomic E-state index is 4.86. The van der Waals surface area contributed by atoms with Crippen molar-refractivity contribution in [2.45, 2.75) is 52.9 Å². The normalized spacial score (nSPS) is 11.6. The van der Waals surface area contributed by atoms with E-state index in [0.717, 1.165) is 49.2 Å².